The molecule has 0 spiro atoms. The van der Waals surface area contributed by atoms with Gasteiger partial charge in [0.25, 0.3) is 5.91 Å². The third-order valence-electron chi connectivity index (χ3n) is 2.75. The Morgan fingerprint density at radius 1 is 1.33 bits per heavy atom. The molecular weight excluding hydrogens is 287 g/mol. The van der Waals surface area contributed by atoms with Gasteiger partial charge in [-0.1, -0.05) is 6.92 Å². The van der Waals surface area contributed by atoms with E-state index in [9.17, 15) is 18.0 Å². The van der Waals surface area contributed by atoms with Gasteiger partial charge in [0.05, 0.1) is 13.2 Å². The van der Waals surface area contributed by atoms with Crippen LogP contribution in [0.2, 0.25) is 0 Å². The summed E-state index contributed by atoms with van der Waals surface area (Å²) in [5.74, 6) is -0.00767. The number of carbonyl (C=O) groups excluding carboxylic acids is 1. The predicted octanol–water partition coefficient (Wildman–Crippen LogP) is 2.47. The third-order valence-corrected chi connectivity index (χ3v) is 2.75. The largest absolute Gasteiger partial charge is 0.494 e. The van der Waals surface area contributed by atoms with Crippen molar-refractivity contribution in [3.8, 4) is 5.75 Å². The summed E-state index contributed by atoms with van der Waals surface area (Å²) >= 11 is 0. The zero-order valence-corrected chi connectivity index (χ0v) is 11.9. The Bertz CT molecular complexity index is 460. The van der Waals surface area contributed by atoms with Gasteiger partial charge in [-0.15, -0.1) is 0 Å². The number of carbonyl (C=O) groups is 1. The van der Waals surface area contributed by atoms with Crippen molar-refractivity contribution in [1.82, 2.24) is 4.90 Å². The first-order valence-electron chi connectivity index (χ1n) is 6.48. The lowest BCUT2D eigenvalue weighted by Crippen LogP contribution is -2.41. The molecule has 0 radical (unpaired) electrons. The van der Waals surface area contributed by atoms with E-state index in [1.165, 1.54) is 19.2 Å². The van der Waals surface area contributed by atoms with Crippen molar-refractivity contribution < 1.29 is 27.8 Å². The predicted molar refractivity (Wildman–Crippen MR) is 71.3 cm³/mol. The van der Waals surface area contributed by atoms with Gasteiger partial charge in [-0.25, -0.2) is 0 Å². The molecule has 0 saturated carbocycles. The molecule has 1 aromatic rings. The second kappa shape index (κ2) is 7.31. The van der Waals surface area contributed by atoms with Gasteiger partial charge < -0.3 is 14.7 Å². The Morgan fingerprint density at radius 2 is 1.90 bits per heavy atom. The summed E-state index contributed by atoms with van der Waals surface area (Å²) < 4.78 is 42.1. The number of nitrogens with zero attached hydrogens (tertiary/aromatic N) is 1. The lowest BCUT2D eigenvalue weighted by Gasteiger charge is -2.22. The molecule has 0 heterocycles. The van der Waals surface area contributed by atoms with Crippen molar-refractivity contribution in [3.63, 3.8) is 0 Å². The number of likely N-dealkylation sites (N-methyl/N-ethyl adjacent to an activating group) is 1. The minimum Gasteiger partial charge on any atom is -0.494 e. The van der Waals surface area contributed by atoms with Crippen molar-refractivity contribution in [1.29, 1.82) is 0 Å². The van der Waals surface area contributed by atoms with Gasteiger partial charge in [0.2, 0.25) is 0 Å². The third kappa shape index (κ3) is 5.26. The maximum atomic E-state index is 12.2. The molecule has 0 aliphatic heterocycles. The maximum absolute atomic E-state index is 12.2. The van der Waals surface area contributed by atoms with Crippen molar-refractivity contribution >= 4 is 5.91 Å². The van der Waals surface area contributed by atoms with Gasteiger partial charge in [-0.05, 0) is 30.7 Å². The molecule has 1 unspecified atom stereocenters. The van der Waals surface area contributed by atoms with E-state index in [1.807, 2.05) is 6.92 Å². The Hall–Kier alpha value is -1.76. The van der Waals surface area contributed by atoms with Crippen LogP contribution in [0.5, 0.6) is 5.75 Å². The van der Waals surface area contributed by atoms with Crippen molar-refractivity contribution in [2.24, 2.45) is 0 Å². The van der Waals surface area contributed by atoms with E-state index in [4.69, 9.17) is 9.84 Å². The molecule has 1 aromatic carbocycles. The highest BCUT2D eigenvalue weighted by Crippen LogP contribution is 2.21. The van der Waals surface area contributed by atoms with Crippen LogP contribution in [0.25, 0.3) is 0 Å². The minimum atomic E-state index is -4.74. The number of amides is 1. The number of benzene rings is 1. The number of aliphatic hydroxyl groups excluding tert-OH is 1. The second-order valence-electron chi connectivity index (χ2n) is 4.62. The smallest absolute Gasteiger partial charge is 0.416 e. The molecule has 118 valence electrons. The first-order valence-corrected chi connectivity index (χ1v) is 6.48. The lowest BCUT2D eigenvalue weighted by atomic mass is 10.2. The van der Waals surface area contributed by atoms with Gasteiger partial charge in [-0.3, -0.25) is 4.79 Å². The minimum absolute atomic E-state index is 0.232. The fraction of sp³-hybridized carbons (Fsp3) is 0.500. The normalized spacial score (nSPS) is 12.9. The summed E-state index contributed by atoms with van der Waals surface area (Å²) in [6.07, 6.45) is -6.45. The average Bonchev–Trinajstić information content (AvgIpc) is 2.43. The zero-order valence-electron chi connectivity index (χ0n) is 11.9. The summed E-state index contributed by atoms with van der Waals surface area (Å²) in [5, 5.41) is 8.95. The molecule has 1 amide bonds. The van der Waals surface area contributed by atoms with Crippen molar-refractivity contribution in [2.75, 3.05) is 20.2 Å². The highest BCUT2D eigenvalue weighted by molar-refractivity contribution is 5.94. The Balaban J connectivity index is 2.66. The quantitative estimate of drug-likeness (QED) is 0.878. The zero-order chi connectivity index (χ0) is 16.0. The molecule has 0 fully saturated rings. The summed E-state index contributed by atoms with van der Waals surface area (Å²) in [6.45, 7) is 1.69. The molecule has 1 rings (SSSR count). The summed E-state index contributed by atoms with van der Waals surface area (Å²) in [7, 11) is 1.21. The molecule has 0 aromatic heterocycles. The first-order chi connectivity index (χ1) is 9.75. The molecule has 7 heteroatoms. The number of hydrogen-bond acceptors (Lipinski definition) is 3. The van der Waals surface area contributed by atoms with E-state index < -0.39 is 24.7 Å². The standard InChI is InChI=1S/C14H18F3NO3/c1-3-8-21-11-6-4-10(5-7-11)13(20)18(2)9-12(19)14(15,16)17/h4-7,12,19H,3,8-9H2,1-2H3. The number of aliphatic hydroxyl groups is 1. The molecule has 4 nitrogen and oxygen atoms in total. The van der Waals surface area contributed by atoms with E-state index in [2.05, 4.69) is 0 Å². The molecule has 0 saturated heterocycles. The average molecular weight is 305 g/mol. The van der Waals surface area contributed by atoms with Crippen molar-refractivity contribution in [3.05, 3.63) is 29.8 Å². The van der Waals surface area contributed by atoms with Gasteiger partial charge in [0, 0.05) is 12.6 Å². The van der Waals surface area contributed by atoms with Gasteiger partial charge in [0.15, 0.2) is 6.10 Å². The number of halogens is 3. The Morgan fingerprint density at radius 3 is 2.38 bits per heavy atom. The fourth-order valence-corrected chi connectivity index (χ4v) is 1.58. The van der Waals surface area contributed by atoms with Crippen LogP contribution in [0, 0.1) is 0 Å². The van der Waals surface area contributed by atoms with Gasteiger partial charge in [-0.2, -0.15) is 13.2 Å². The lowest BCUT2D eigenvalue weighted by molar-refractivity contribution is -0.205. The number of hydrogen-bond donors (Lipinski definition) is 1. The summed E-state index contributed by atoms with van der Waals surface area (Å²) in [5.41, 5.74) is 0.232. The van der Waals surface area contributed by atoms with Crippen molar-refractivity contribution in [2.45, 2.75) is 25.6 Å². The van der Waals surface area contributed by atoms with Crippen LogP contribution in [0.1, 0.15) is 23.7 Å². The highest BCUT2D eigenvalue weighted by atomic mass is 19.4. The molecule has 0 bridgehead atoms. The SMILES string of the molecule is CCCOc1ccc(C(=O)N(C)CC(O)C(F)(F)F)cc1. The topological polar surface area (TPSA) is 49.8 Å². The van der Waals surface area contributed by atoms with E-state index in [1.54, 1.807) is 12.1 Å². The van der Waals surface area contributed by atoms with Gasteiger partial charge >= 0.3 is 6.18 Å². The van der Waals surface area contributed by atoms with Crippen LogP contribution >= 0.6 is 0 Å². The van der Waals surface area contributed by atoms with E-state index in [0.29, 0.717) is 12.4 Å². The first kappa shape index (κ1) is 17.3. The monoisotopic (exact) mass is 305 g/mol. The van der Waals surface area contributed by atoms with E-state index in [-0.39, 0.29) is 5.56 Å². The second-order valence-corrected chi connectivity index (χ2v) is 4.62. The number of alkyl halides is 3. The Kier molecular flexibility index (Phi) is 6.02. The summed E-state index contributed by atoms with van der Waals surface area (Å²) in [6, 6.07) is 6.11. The highest BCUT2D eigenvalue weighted by Gasteiger charge is 2.39. The maximum Gasteiger partial charge on any atom is 0.416 e. The molecule has 0 aliphatic carbocycles. The molecule has 1 N–H and O–H groups in total. The fourth-order valence-electron chi connectivity index (χ4n) is 1.58. The van der Waals surface area contributed by atoms with E-state index >= 15 is 0 Å². The van der Waals surface area contributed by atoms with Crippen LogP contribution < -0.4 is 4.74 Å². The van der Waals surface area contributed by atoms with Crippen LogP contribution in [0.3, 0.4) is 0 Å². The van der Waals surface area contributed by atoms with E-state index in [0.717, 1.165) is 11.3 Å². The molecule has 0 aliphatic rings. The molecule has 21 heavy (non-hydrogen) atoms. The number of ether oxygens (including phenoxy) is 1. The van der Waals surface area contributed by atoms with Crippen LogP contribution in [0.4, 0.5) is 13.2 Å². The van der Waals surface area contributed by atoms with Crippen LogP contribution in [-0.4, -0.2) is 48.4 Å². The molecule has 1 atom stereocenters. The Labute approximate surface area is 121 Å². The number of rotatable bonds is 6. The summed E-state index contributed by atoms with van der Waals surface area (Å²) in [4.78, 5) is 12.8. The van der Waals surface area contributed by atoms with Crippen LogP contribution in [0.15, 0.2) is 24.3 Å². The van der Waals surface area contributed by atoms with Crippen LogP contribution in [-0.2, 0) is 0 Å². The van der Waals surface area contributed by atoms with Gasteiger partial charge in [0.1, 0.15) is 5.75 Å². The molecular formula is C14H18F3NO3.